The van der Waals surface area contributed by atoms with Gasteiger partial charge in [0, 0.05) is 29.8 Å². The number of halogens is 1. The molecule has 0 atom stereocenters. The summed E-state index contributed by atoms with van der Waals surface area (Å²) >= 11 is 5.94. The Morgan fingerprint density at radius 2 is 1.81 bits per heavy atom. The fraction of sp³-hybridized carbons (Fsp3) is 0.250. The first-order valence-corrected chi connectivity index (χ1v) is 8.95. The van der Waals surface area contributed by atoms with Crippen molar-refractivity contribution in [3.05, 3.63) is 64.8 Å². The fourth-order valence-electron chi connectivity index (χ4n) is 2.71. The lowest BCUT2D eigenvalue weighted by molar-refractivity contribution is -0.121. The third-order valence-corrected chi connectivity index (χ3v) is 4.49. The maximum Gasteiger partial charge on any atom is 0.247 e. The topological polar surface area (TPSA) is 64.0 Å². The van der Waals surface area contributed by atoms with Gasteiger partial charge in [0.15, 0.2) is 0 Å². The third-order valence-electron chi connectivity index (χ3n) is 4.25. The van der Waals surface area contributed by atoms with Gasteiger partial charge in [0.25, 0.3) is 0 Å². The van der Waals surface area contributed by atoms with Crippen molar-refractivity contribution in [3.8, 4) is 0 Å². The van der Waals surface area contributed by atoms with Crippen LogP contribution in [0.25, 0.3) is 10.9 Å². The summed E-state index contributed by atoms with van der Waals surface area (Å²) in [4.78, 5) is 24.4. The van der Waals surface area contributed by atoms with Crippen molar-refractivity contribution in [2.75, 3.05) is 0 Å². The van der Waals surface area contributed by atoms with Crippen LogP contribution in [0.15, 0.2) is 48.7 Å². The Balaban J connectivity index is 1.52. The molecule has 0 radical (unpaired) electrons. The Hall–Kier alpha value is -2.66. The number of amides is 1. The second kappa shape index (κ2) is 8.15. The molecule has 2 aromatic carbocycles. The largest absolute Gasteiger partial charge is 0.352 e. The molecule has 0 spiro atoms. The minimum absolute atomic E-state index is 0.0972. The van der Waals surface area contributed by atoms with E-state index in [0.717, 1.165) is 17.4 Å². The maximum absolute atomic E-state index is 12.3. The highest BCUT2D eigenvalue weighted by molar-refractivity contribution is 6.31. The van der Waals surface area contributed by atoms with Crippen LogP contribution in [-0.4, -0.2) is 21.6 Å². The van der Waals surface area contributed by atoms with Crippen LogP contribution in [0.1, 0.15) is 35.7 Å². The molecule has 0 aliphatic heterocycles. The smallest absolute Gasteiger partial charge is 0.247 e. The molecule has 134 valence electrons. The maximum atomic E-state index is 12.3. The van der Waals surface area contributed by atoms with Crippen LogP contribution in [0.2, 0.25) is 5.02 Å². The van der Waals surface area contributed by atoms with Crippen LogP contribution in [0, 0.1) is 0 Å². The molecule has 1 aromatic heterocycles. The van der Waals surface area contributed by atoms with E-state index in [9.17, 15) is 9.59 Å². The van der Waals surface area contributed by atoms with Crippen LogP contribution < -0.4 is 5.32 Å². The summed E-state index contributed by atoms with van der Waals surface area (Å²) in [5, 5.41) is 8.33. The molecule has 0 aliphatic rings. The van der Waals surface area contributed by atoms with E-state index in [1.165, 1.54) is 10.2 Å². The van der Waals surface area contributed by atoms with Crippen molar-refractivity contribution in [2.24, 2.45) is 0 Å². The zero-order chi connectivity index (χ0) is 18.5. The third kappa shape index (κ3) is 4.29. The number of hydrogen-bond acceptors (Lipinski definition) is 3. The zero-order valence-corrected chi connectivity index (χ0v) is 15.3. The number of benzene rings is 2. The predicted octanol–water partition coefficient (Wildman–Crippen LogP) is 3.99. The van der Waals surface area contributed by atoms with E-state index in [4.69, 9.17) is 11.6 Å². The van der Waals surface area contributed by atoms with E-state index in [0.29, 0.717) is 17.1 Å². The van der Waals surface area contributed by atoms with Crippen molar-refractivity contribution >= 4 is 34.3 Å². The summed E-state index contributed by atoms with van der Waals surface area (Å²) < 4.78 is 1.32. The SMILES string of the molecule is CCc1ccc(CNC(=O)CCC(=O)n2ncc3cc(Cl)ccc32)cc1. The first-order chi connectivity index (χ1) is 12.6. The summed E-state index contributed by atoms with van der Waals surface area (Å²) in [6, 6.07) is 13.3. The van der Waals surface area contributed by atoms with Crippen LogP contribution in [0.5, 0.6) is 0 Å². The van der Waals surface area contributed by atoms with E-state index < -0.39 is 0 Å². The Morgan fingerprint density at radius 1 is 1.08 bits per heavy atom. The number of aromatic nitrogens is 2. The van der Waals surface area contributed by atoms with Crippen molar-refractivity contribution in [2.45, 2.75) is 32.7 Å². The Bertz CT molecular complexity index is 932. The number of fused-ring (bicyclic) bond motifs is 1. The number of nitrogens with zero attached hydrogens (tertiary/aromatic N) is 2. The first-order valence-electron chi connectivity index (χ1n) is 8.58. The van der Waals surface area contributed by atoms with E-state index in [2.05, 4.69) is 29.5 Å². The average molecular weight is 370 g/mol. The van der Waals surface area contributed by atoms with Crippen LogP contribution in [-0.2, 0) is 17.8 Å². The van der Waals surface area contributed by atoms with E-state index >= 15 is 0 Å². The second-order valence-electron chi connectivity index (χ2n) is 6.10. The monoisotopic (exact) mass is 369 g/mol. The molecule has 0 aliphatic carbocycles. The number of hydrogen-bond donors (Lipinski definition) is 1. The molecule has 1 N–H and O–H groups in total. The number of carbonyl (C=O) groups is 2. The summed E-state index contributed by atoms with van der Waals surface area (Å²) in [5.41, 5.74) is 2.99. The molecular formula is C20H20ClN3O2. The lowest BCUT2D eigenvalue weighted by Gasteiger charge is -2.06. The van der Waals surface area contributed by atoms with Crippen molar-refractivity contribution < 1.29 is 9.59 Å². The van der Waals surface area contributed by atoms with Gasteiger partial charge in [-0.25, -0.2) is 4.68 Å². The lowest BCUT2D eigenvalue weighted by atomic mass is 10.1. The van der Waals surface area contributed by atoms with Gasteiger partial charge >= 0.3 is 0 Å². The molecule has 0 saturated carbocycles. The zero-order valence-electron chi connectivity index (χ0n) is 14.5. The molecule has 0 fully saturated rings. The summed E-state index contributed by atoms with van der Waals surface area (Å²) in [5.74, 6) is -0.373. The van der Waals surface area contributed by atoms with Gasteiger partial charge in [0.2, 0.25) is 11.8 Å². The molecule has 1 heterocycles. The molecule has 1 amide bonds. The molecule has 0 unspecified atom stereocenters. The molecule has 26 heavy (non-hydrogen) atoms. The number of carbonyl (C=O) groups excluding carboxylic acids is 2. The average Bonchev–Trinajstić information content (AvgIpc) is 3.07. The van der Waals surface area contributed by atoms with Gasteiger partial charge in [-0.1, -0.05) is 42.8 Å². The molecule has 6 heteroatoms. The minimum atomic E-state index is -0.218. The summed E-state index contributed by atoms with van der Waals surface area (Å²) in [6.07, 6.45) is 2.81. The van der Waals surface area contributed by atoms with Gasteiger partial charge in [-0.3, -0.25) is 9.59 Å². The normalized spacial score (nSPS) is 10.8. The Morgan fingerprint density at radius 3 is 2.54 bits per heavy atom. The Labute approximate surface area is 157 Å². The molecule has 5 nitrogen and oxygen atoms in total. The van der Waals surface area contributed by atoms with Gasteiger partial charge < -0.3 is 5.32 Å². The van der Waals surface area contributed by atoms with Crippen LogP contribution in [0.4, 0.5) is 0 Å². The molecule has 3 rings (SSSR count). The van der Waals surface area contributed by atoms with Crippen molar-refractivity contribution in [1.29, 1.82) is 0 Å². The van der Waals surface area contributed by atoms with E-state index in [1.807, 2.05) is 12.1 Å². The highest BCUT2D eigenvalue weighted by Crippen LogP contribution is 2.19. The number of aryl methyl sites for hydroxylation is 1. The number of rotatable bonds is 6. The van der Waals surface area contributed by atoms with E-state index in [-0.39, 0.29) is 24.7 Å². The second-order valence-corrected chi connectivity index (χ2v) is 6.54. The fourth-order valence-corrected chi connectivity index (χ4v) is 2.89. The van der Waals surface area contributed by atoms with Gasteiger partial charge in [-0.15, -0.1) is 0 Å². The van der Waals surface area contributed by atoms with Crippen molar-refractivity contribution in [1.82, 2.24) is 15.1 Å². The Kier molecular flexibility index (Phi) is 5.68. The van der Waals surface area contributed by atoms with Crippen LogP contribution >= 0.6 is 11.6 Å². The predicted molar refractivity (Wildman–Crippen MR) is 102 cm³/mol. The minimum Gasteiger partial charge on any atom is -0.352 e. The highest BCUT2D eigenvalue weighted by Gasteiger charge is 2.13. The van der Waals surface area contributed by atoms with Crippen molar-refractivity contribution in [3.63, 3.8) is 0 Å². The highest BCUT2D eigenvalue weighted by atomic mass is 35.5. The standard InChI is InChI=1S/C20H20ClN3O2/c1-2-14-3-5-15(6-4-14)12-22-19(25)9-10-20(26)24-18-8-7-17(21)11-16(18)13-23-24/h3-8,11,13H,2,9-10,12H2,1H3,(H,22,25). The van der Waals surface area contributed by atoms with Gasteiger partial charge in [-0.2, -0.15) is 5.10 Å². The summed E-state index contributed by atoms with van der Waals surface area (Å²) in [6.45, 7) is 2.56. The van der Waals surface area contributed by atoms with E-state index in [1.54, 1.807) is 24.4 Å². The molecule has 3 aromatic rings. The van der Waals surface area contributed by atoms with Crippen LogP contribution in [0.3, 0.4) is 0 Å². The van der Waals surface area contributed by atoms with Gasteiger partial charge in [0.05, 0.1) is 11.7 Å². The lowest BCUT2D eigenvalue weighted by Crippen LogP contribution is -2.24. The van der Waals surface area contributed by atoms with Gasteiger partial charge in [0.1, 0.15) is 0 Å². The molecule has 0 bridgehead atoms. The summed E-state index contributed by atoms with van der Waals surface area (Å²) in [7, 11) is 0. The molecule has 0 saturated heterocycles. The molecular weight excluding hydrogens is 350 g/mol. The number of nitrogens with one attached hydrogen (secondary N) is 1. The quantitative estimate of drug-likeness (QED) is 0.714. The van der Waals surface area contributed by atoms with Gasteiger partial charge in [-0.05, 0) is 35.7 Å². The first kappa shape index (κ1) is 18.1.